The Morgan fingerprint density at radius 2 is 2.00 bits per heavy atom. The predicted molar refractivity (Wildman–Crippen MR) is 85.3 cm³/mol. The van der Waals surface area contributed by atoms with Gasteiger partial charge in [-0.05, 0) is 24.3 Å². The molecule has 23 heavy (non-hydrogen) atoms. The van der Waals surface area contributed by atoms with E-state index in [4.69, 9.17) is 0 Å². The molecule has 1 aromatic carbocycles. The number of nitrogens with one attached hydrogen (secondary N) is 1. The van der Waals surface area contributed by atoms with E-state index in [2.05, 4.69) is 20.1 Å². The lowest BCUT2D eigenvalue weighted by molar-refractivity contribution is 0.885. The van der Waals surface area contributed by atoms with Crippen molar-refractivity contribution in [2.75, 3.05) is 0 Å². The molecule has 0 amide bonds. The van der Waals surface area contributed by atoms with Gasteiger partial charge in [-0.1, -0.05) is 12.1 Å². The average molecular weight is 302 g/mol. The Bertz CT molecular complexity index is 1250. The molecule has 110 valence electrons. The first kappa shape index (κ1) is 12.1. The predicted octanol–water partition coefficient (Wildman–Crippen LogP) is 1.89. The fraction of sp³-hybridized carbons (Fsp3) is 0. The van der Waals surface area contributed by atoms with Gasteiger partial charge in [0, 0.05) is 29.5 Å². The van der Waals surface area contributed by atoms with E-state index in [-0.39, 0.29) is 5.69 Å². The van der Waals surface area contributed by atoms with E-state index in [0.29, 0.717) is 11.5 Å². The minimum atomic E-state index is -0.306. The smallest absolute Gasteiger partial charge is 0.307 e. The van der Waals surface area contributed by atoms with Crippen LogP contribution < -0.4 is 5.69 Å². The van der Waals surface area contributed by atoms with Gasteiger partial charge >= 0.3 is 5.69 Å². The van der Waals surface area contributed by atoms with E-state index < -0.39 is 0 Å². The molecule has 4 heterocycles. The molecule has 7 heteroatoms. The van der Waals surface area contributed by atoms with Crippen LogP contribution in [0.2, 0.25) is 0 Å². The van der Waals surface area contributed by atoms with Gasteiger partial charge < -0.3 is 9.38 Å². The first-order valence-corrected chi connectivity index (χ1v) is 7.10. The zero-order chi connectivity index (χ0) is 15.4. The van der Waals surface area contributed by atoms with Crippen LogP contribution in [-0.4, -0.2) is 29.0 Å². The summed E-state index contributed by atoms with van der Waals surface area (Å²) in [4.78, 5) is 23.8. The fourth-order valence-corrected chi connectivity index (χ4v) is 2.75. The van der Waals surface area contributed by atoms with Crippen molar-refractivity contribution >= 4 is 22.2 Å². The van der Waals surface area contributed by atoms with Crippen molar-refractivity contribution < 1.29 is 0 Å². The Hall–Kier alpha value is -3.48. The standard InChI is InChI=1S/C16H10N6O/c23-16-18-12-4-2-1-3-11(12)15-19-14(20-22(15)16)10-5-7-21-8-6-17-13(21)9-10/h1-9H,(H,18,23). The van der Waals surface area contributed by atoms with Crippen molar-refractivity contribution in [2.45, 2.75) is 0 Å². The number of rotatable bonds is 1. The second-order valence-electron chi connectivity index (χ2n) is 5.25. The molecule has 5 aromatic rings. The molecular weight excluding hydrogens is 292 g/mol. The number of pyridine rings is 1. The summed E-state index contributed by atoms with van der Waals surface area (Å²) in [6, 6.07) is 11.3. The van der Waals surface area contributed by atoms with Crippen LogP contribution in [-0.2, 0) is 0 Å². The van der Waals surface area contributed by atoms with Crippen LogP contribution in [0.1, 0.15) is 0 Å². The number of nitrogens with zero attached hydrogens (tertiary/aromatic N) is 5. The topological polar surface area (TPSA) is 80.3 Å². The molecular formula is C16H10N6O. The molecule has 0 aliphatic rings. The third-order valence-electron chi connectivity index (χ3n) is 3.87. The SMILES string of the molecule is O=c1[nH]c2ccccc2c2nc(-c3ccn4ccnc4c3)nn12. The van der Waals surface area contributed by atoms with E-state index in [1.165, 1.54) is 4.52 Å². The van der Waals surface area contributed by atoms with Gasteiger partial charge in [-0.2, -0.15) is 4.52 Å². The summed E-state index contributed by atoms with van der Waals surface area (Å²) in [5, 5.41) is 5.20. The van der Waals surface area contributed by atoms with Gasteiger partial charge in [0.05, 0.1) is 5.52 Å². The van der Waals surface area contributed by atoms with Crippen LogP contribution in [0.25, 0.3) is 33.6 Å². The third-order valence-corrected chi connectivity index (χ3v) is 3.87. The van der Waals surface area contributed by atoms with Gasteiger partial charge in [0.1, 0.15) is 5.65 Å². The average Bonchev–Trinajstić information content (AvgIpc) is 3.21. The number of hydrogen-bond donors (Lipinski definition) is 1. The highest BCUT2D eigenvalue weighted by Crippen LogP contribution is 2.20. The molecule has 0 bridgehead atoms. The Balaban J connectivity index is 1.83. The van der Waals surface area contributed by atoms with E-state index >= 15 is 0 Å². The summed E-state index contributed by atoms with van der Waals surface area (Å²) >= 11 is 0. The molecule has 7 nitrogen and oxygen atoms in total. The van der Waals surface area contributed by atoms with Crippen LogP contribution in [0.4, 0.5) is 0 Å². The van der Waals surface area contributed by atoms with Crippen molar-refractivity contribution in [1.29, 1.82) is 0 Å². The maximum Gasteiger partial charge on any atom is 0.348 e. The van der Waals surface area contributed by atoms with Crippen LogP contribution in [0, 0.1) is 0 Å². The van der Waals surface area contributed by atoms with Gasteiger partial charge in [0.15, 0.2) is 11.5 Å². The number of aromatic amines is 1. The lowest BCUT2D eigenvalue weighted by Gasteiger charge is -1.97. The maximum absolute atomic E-state index is 12.2. The maximum atomic E-state index is 12.2. The highest BCUT2D eigenvalue weighted by atomic mass is 16.1. The van der Waals surface area contributed by atoms with E-state index in [9.17, 15) is 4.79 Å². The number of benzene rings is 1. The highest BCUT2D eigenvalue weighted by molar-refractivity contribution is 5.91. The molecule has 0 saturated carbocycles. The fourth-order valence-electron chi connectivity index (χ4n) is 2.75. The largest absolute Gasteiger partial charge is 0.348 e. The summed E-state index contributed by atoms with van der Waals surface area (Å²) in [6.07, 6.45) is 5.49. The van der Waals surface area contributed by atoms with E-state index in [1.807, 2.05) is 53.2 Å². The molecule has 0 atom stereocenters. The van der Waals surface area contributed by atoms with Crippen LogP contribution in [0.3, 0.4) is 0 Å². The summed E-state index contributed by atoms with van der Waals surface area (Å²) in [6.45, 7) is 0. The Kier molecular flexibility index (Phi) is 2.24. The number of fused-ring (bicyclic) bond motifs is 4. The molecule has 0 radical (unpaired) electrons. The second kappa shape index (κ2) is 4.26. The van der Waals surface area contributed by atoms with Gasteiger partial charge in [-0.15, -0.1) is 5.10 Å². The monoisotopic (exact) mass is 302 g/mol. The molecule has 0 saturated heterocycles. The van der Waals surface area contributed by atoms with E-state index in [1.54, 1.807) is 6.20 Å². The molecule has 0 fully saturated rings. The van der Waals surface area contributed by atoms with Crippen molar-refractivity contribution in [3.8, 4) is 11.4 Å². The lowest BCUT2D eigenvalue weighted by Crippen LogP contribution is -2.17. The second-order valence-corrected chi connectivity index (χ2v) is 5.25. The first-order valence-electron chi connectivity index (χ1n) is 7.10. The summed E-state index contributed by atoms with van der Waals surface area (Å²) in [5.41, 5.74) is 2.60. The van der Waals surface area contributed by atoms with Crippen molar-refractivity contribution in [3.05, 3.63) is 65.5 Å². The van der Waals surface area contributed by atoms with Crippen LogP contribution in [0.5, 0.6) is 0 Å². The zero-order valence-electron chi connectivity index (χ0n) is 11.8. The molecule has 0 aliphatic heterocycles. The Morgan fingerprint density at radius 1 is 1.09 bits per heavy atom. The first-order chi connectivity index (χ1) is 11.3. The summed E-state index contributed by atoms with van der Waals surface area (Å²) < 4.78 is 3.20. The van der Waals surface area contributed by atoms with E-state index in [0.717, 1.165) is 22.1 Å². The molecule has 0 aliphatic carbocycles. The van der Waals surface area contributed by atoms with Crippen molar-refractivity contribution in [2.24, 2.45) is 0 Å². The minimum Gasteiger partial charge on any atom is -0.307 e. The van der Waals surface area contributed by atoms with Crippen LogP contribution >= 0.6 is 0 Å². The minimum absolute atomic E-state index is 0.306. The molecule has 5 rings (SSSR count). The normalized spacial score (nSPS) is 11.7. The number of hydrogen-bond acceptors (Lipinski definition) is 4. The van der Waals surface area contributed by atoms with Gasteiger partial charge in [0.2, 0.25) is 0 Å². The molecule has 0 spiro atoms. The number of aromatic nitrogens is 6. The Labute approximate surface area is 128 Å². The van der Waals surface area contributed by atoms with Gasteiger partial charge in [0.25, 0.3) is 0 Å². The number of imidazole rings is 1. The van der Waals surface area contributed by atoms with Gasteiger partial charge in [-0.3, -0.25) is 0 Å². The zero-order valence-corrected chi connectivity index (χ0v) is 11.8. The highest BCUT2D eigenvalue weighted by Gasteiger charge is 2.12. The summed E-state index contributed by atoms with van der Waals surface area (Å²) in [5.74, 6) is 0.498. The summed E-state index contributed by atoms with van der Waals surface area (Å²) in [7, 11) is 0. The molecule has 4 aromatic heterocycles. The lowest BCUT2D eigenvalue weighted by atomic mass is 10.2. The number of para-hydroxylation sites is 1. The van der Waals surface area contributed by atoms with Gasteiger partial charge in [-0.25, -0.2) is 14.8 Å². The molecule has 0 unspecified atom stereocenters. The Morgan fingerprint density at radius 3 is 2.96 bits per heavy atom. The van der Waals surface area contributed by atoms with Crippen molar-refractivity contribution in [1.82, 2.24) is 29.0 Å². The van der Waals surface area contributed by atoms with Crippen molar-refractivity contribution in [3.63, 3.8) is 0 Å². The molecule has 1 N–H and O–H groups in total. The van der Waals surface area contributed by atoms with Crippen LogP contribution in [0.15, 0.2) is 59.8 Å². The quantitative estimate of drug-likeness (QED) is 0.513. The third kappa shape index (κ3) is 1.70. The number of H-pyrrole nitrogens is 1.